The molecule has 0 saturated carbocycles. The van der Waals surface area contributed by atoms with E-state index < -0.39 is 0 Å². The highest BCUT2D eigenvalue weighted by molar-refractivity contribution is 6.07. The van der Waals surface area contributed by atoms with Crippen LogP contribution in [-0.2, 0) is 13.6 Å². The number of rotatable bonds is 5. The fourth-order valence-corrected chi connectivity index (χ4v) is 3.57. The van der Waals surface area contributed by atoms with Crippen LogP contribution in [0, 0.1) is 6.92 Å². The number of carbonyl (C=O) groups is 1. The van der Waals surface area contributed by atoms with Crippen LogP contribution in [0.25, 0.3) is 22.3 Å². The van der Waals surface area contributed by atoms with E-state index in [1.54, 1.807) is 4.68 Å². The number of fused-ring (bicyclic) bond motifs is 1. The molecule has 0 aliphatic heterocycles. The maximum Gasteiger partial charge on any atom is 0.252 e. The number of aryl methyl sites for hydroxylation is 2. The number of nitrogens with one attached hydrogen (secondary N) is 1. The maximum atomic E-state index is 13.2. The highest BCUT2D eigenvalue weighted by Crippen LogP contribution is 2.26. The van der Waals surface area contributed by atoms with Gasteiger partial charge in [-0.1, -0.05) is 42.5 Å². The molecule has 0 fully saturated rings. The number of carbonyl (C=O) groups excluding carboxylic acids is 1. The van der Waals surface area contributed by atoms with Crippen LogP contribution < -0.4 is 10.2 Å². The van der Waals surface area contributed by atoms with Crippen molar-refractivity contribution in [1.29, 1.82) is 0 Å². The van der Waals surface area contributed by atoms with E-state index in [0.29, 0.717) is 17.8 Å². The second-order valence-electron chi connectivity index (χ2n) is 7.57. The van der Waals surface area contributed by atoms with E-state index in [1.807, 2.05) is 93.6 Å². The molecule has 0 aliphatic carbocycles. The molecule has 0 aliphatic rings. The van der Waals surface area contributed by atoms with Crippen LogP contribution >= 0.6 is 0 Å². The zero-order valence-corrected chi connectivity index (χ0v) is 17.7. The molecule has 1 amide bonds. The van der Waals surface area contributed by atoms with Gasteiger partial charge in [-0.2, -0.15) is 5.10 Å². The van der Waals surface area contributed by atoms with Gasteiger partial charge in [-0.3, -0.25) is 9.48 Å². The molecule has 2 heterocycles. The molecule has 2 aromatic heterocycles. The quantitative estimate of drug-likeness (QED) is 0.552. The lowest BCUT2D eigenvalue weighted by Crippen LogP contribution is -2.23. The fraction of sp³-hybridized carbons (Fsp3) is 0.208. The van der Waals surface area contributed by atoms with Gasteiger partial charge in [0.05, 0.1) is 22.3 Å². The third-order valence-electron chi connectivity index (χ3n) is 5.19. The first-order valence-corrected chi connectivity index (χ1v) is 9.88. The molecule has 0 saturated heterocycles. The number of aromatic nitrogens is 3. The Balaban J connectivity index is 1.67. The third kappa shape index (κ3) is 3.76. The van der Waals surface area contributed by atoms with Crippen LogP contribution in [0.4, 0.5) is 5.69 Å². The summed E-state index contributed by atoms with van der Waals surface area (Å²) in [4.78, 5) is 20.0. The predicted octanol–water partition coefficient (Wildman–Crippen LogP) is 3.94. The van der Waals surface area contributed by atoms with Crippen LogP contribution in [-0.4, -0.2) is 34.8 Å². The standard InChI is InChI=1S/C24H25N5O/c1-16-22-20(24(30)25-15-17-10-12-19(13-11-17)28(2)3)14-21(18-8-6-5-7-9-18)26-23(22)29(4)27-16/h5-14H,15H2,1-4H3,(H,25,30). The first kappa shape index (κ1) is 19.6. The van der Waals surface area contributed by atoms with E-state index >= 15 is 0 Å². The Morgan fingerprint density at radius 3 is 2.43 bits per heavy atom. The van der Waals surface area contributed by atoms with Crippen molar-refractivity contribution in [2.75, 3.05) is 19.0 Å². The molecule has 0 bridgehead atoms. The van der Waals surface area contributed by atoms with Crippen molar-refractivity contribution in [3.63, 3.8) is 0 Å². The van der Waals surface area contributed by atoms with E-state index in [1.165, 1.54) is 0 Å². The first-order valence-electron chi connectivity index (χ1n) is 9.88. The highest BCUT2D eigenvalue weighted by Gasteiger charge is 2.19. The van der Waals surface area contributed by atoms with Crippen molar-refractivity contribution in [2.45, 2.75) is 13.5 Å². The average molecular weight is 399 g/mol. The van der Waals surface area contributed by atoms with Gasteiger partial charge in [-0.15, -0.1) is 0 Å². The molecule has 0 atom stereocenters. The van der Waals surface area contributed by atoms with Gasteiger partial charge in [-0.05, 0) is 30.7 Å². The SMILES string of the molecule is Cc1nn(C)c2nc(-c3ccccc3)cc(C(=O)NCc3ccc(N(C)C)cc3)c12. The number of anilines is 1. The number of benzene rings is 2. The highest BCUT2D eigenvalue weighted by atomic mass is 16.1. The first-order chi connectivity index (χ1) is 14.4. The molecular weight excluding hydrogens is 374 g/mol. The van der Waals surface area contributed by atoms with Crippen LogP contribution in [0.5, 0.6) is 0 Å². The van der Waals surface area contributed by atoms with E-state index in [0.717, 1.165) is 33.6 Å². The van der Waals surface area contributed by atoms with E-state index in [9.17, 15) is 4.79 Å². The molecule has 0 radical (unpaired) electrons. The van der Waals surface area contributed by atoms with Gasteiger partial charge in [0, 0.05) is 38.9 Å². The minimum absolute atomic E-state index is 0.132. The summed E-state index contributed by atoms with van der Waals surface area (Å²) in [6, 6.07) is 19.9. The number of amides is 1. The van der Waals surface area contributed by atoms with E-state index in [2.05, 4.69) is 10.4 Å². The Kier molecular flexibility index (Phi) is 5.23. The molecule has 4 aromatic rings. The summed E-state index contributed by atoms with van der Waals surface area (Å²) >= 11 is 0. The van der Waals surface area contributed by atoms with Crippen LogP contribution in [0.2, 0.25) is 0 Å². The van der Waals surface area contributed by atoms with Gasteiger partial charge in [-0.25, -0.2) is 4.98 Å². The molecule has 30 heavy (non-hydrogen) atoms. The molecule has 0 unspecified atom stereocenters. The Labute approximate surface area is 176 Å². The van der Waals surface area contributed by atoms with E-state index in [-0.39, 0.29) is 5.91 Å². The van der Waals surface area contributed by atoms with Gasteiger partial charge in [0.1, 0.15) is 0 Å². The van der Waals surface area contributed by atoms with Crippen molar-refractivity contribution < 1.29 is 4.79 Å². The number of pyridine rings is 1. The molecule has 2 aromatic carbocycles. The van der Waals surface area contributed by atoms with Gasteiger partial charge in [0.2, 0.25) is 0 Å². The second-order valence-corrected chi connectivity index (χ2v) is 7.57. The van der Waals surface area contributed by atoms with Gasteiger partial charge in [0.15, 0.2) is 5.65 Å². The second kappa shape index (κ2) is 7.99. The molecule has 152 valence electrons. The smallest absolute Gasteiger partial charge is 0.252 e. The average Bonchev–Trinajstić information content (AvgIpc) is 3.06. The van der Waals surface area contributed by atoms with Crippen LogP contribution in [0.3, 0.4) is 0 Å². The summed E-state index contributed by atoms with van der Waals surface area (Å²) in [6.45, 7) is 2.36. The van der Waals surface area contributed by atoms with Gasteiger partial charge >= 0.3 is 0 Å². The minimum atomic E-state index is -0.132. The topological polar surface area (TPSA) is 63.1 Å². The Morgan fingerprint density at radius 2 is 1.77 bits per heavy atom. The lowest BCUT2D eigenvalue weighted by Gasteiger charge is -2.13. The van der Waals surface area contributed by atoms with Crippen molar-refractivity contribution in [3.8, 4) is 11.3 Å². The largest absolute Gasteiger partial charge is 0.378 e. The molecular formula is C24H25N5O. The lowest BCUT2D eigenvalue weighted by atomic mass is 10.0. The fourth-order valence-electron chi connectivity index (χ4n) is 3.57. The summed E-state index contributed by atoms with van der Waals surface area (Å²) in [5.74, 6) is -0.132. The Hall–Kier alpha value is -3.67. The molecule has 1 N–H and O–H groups in total. The predicted molar refractivity (Wildman–Crippen MR) is 121 cm³/mol. The van der Waals surface area contributed by atoms with E-state index in [4.69, 9.17) is 4.98 Å². The van der Waals surface area contributed by atoms with Gasteiger partial charge in [0.25, 0.3) is 5.91 Å². The third-order valence-corrected chi connectivity index (χ3v) is 5.19. The summed E-state index contributed by atoms with van der Waals surface area (Å²) in [5, 5.41) is 8.33. The molecule has 4 rings (SSSR count). The summed E-state index contributed by atoms with van der Waals surface area (Å²) in [6.07, 6.45) is 0. The maximum absolute atomic E-state index is 13.2. The van der Waals surface area contributed by atoms with Crippen molar-refractivity contribution >= 4 is 22.6 Å². The monoisotopic (exact) mass is 399 g/mol. The summed E-state index contributed by atoms with van der Waals surface area (Å²) < 4.78 is 1.73. The lowest BCUT2D eigenvalue weighted by molar-refractivity contribution is 0.0952. The summed E-state index contributed by atoms with van der Waals surface area (Å²) in [7, 11) is 5.86. The normalized spacial score (nSPS) is 10.9. The molecule has 6 nitrogen and oxygen atoms in total. The van der Waals surface area contributed by atoms with Crippen molar-refractivity contribution in [2.24, 2.45) is 7.05 Å². The number of nitrogens with zero attached hydrogens (tertiary/aromatic N) is 4. The molecule has 6 heteroatoms. The van der Waals surface area contributed by atoms with Crippen molar-refractivity contribution in [1.82, 2.24) is 20.1 Å². The number of hydrogen-bond acceptors (Lipinski definition) is 4. The zero-order valence-electron chi connectivity index (χ0n) is 17.7. The minimum Gasteiger partial charge on any atom is -0.378 e. The zero-order chi connectivity index (χ0) is 21.3. The van der Waals surface area contributed by atoms with Gasteiger partial charge < -0.3 is 10.2 Å². The molecule has 0 spiro atoms. The van der Waals surface area contributed by atoms with Crippen molar-refractivity contribution in [3.05, 3.63) is 77.5 Å². The summed E-state index contributed by atoms with van der Waals surface area (Å²) in [5.41, 5.74) is 5.98. The number of hydrogen-bond donors (Lipinski definition) is 1. The Bertz CT molecular complexity index is 1190. The van der Waals surface area contributed by atoms with Crippen LogP contribution in [0.1, 0.15) is 21.6 Å². The Morgan fingerprint density at radius 1 is 1.07 bits per heavy atom. The van der Waals surface area contributed by atoms with Crippen LogP contribution in [0.15, 0.2) is 60.7 Å².